The molecule has 6 nitrogen and oxygen atoms in total. The Morgan fingerprint density at radius 3 is 2.77 bits per heavy atom. The molecule has 2 heterocycles. The molecule has 2 aromatic carbocycles. The Hall–Kier alpha value is -3.19. The summed E-state index contributed by atoms with van der Waals surface area (Å²) in [5.74, 6) is -0.226. The molecule has 160 valence electrons. The van der Waals surface area contributed by atoms with Crippen LogP contribution in [-0.4, -0.2) is 34.5 Å². The average Bonchev–Trinajstić information content (AvgIpc) is 3.43. The number of aromatic nitrogens is 1. The number of carbonyl (C=O) groups excluding carboxylic acids is 2. The van der Waals surface area contributed by atoms with E-state index in [1.807, 2.05) is 41.8 Å². The lowest BCUT2D eigenvalue weighted by Crippen LogP contribution is -2.43. The van der Waals surface area contributed by atoms with E-state index in [9.17, 15) is 9.59 Å². The van der Waals surface area contributed by atoms with Gasteiger partial charge >= 0.3 is 6.09 Å². The number of nitrogens with zero attached hydrogens (tertiary/aromatic N) is 2. The summed E-state index contributed by atoms with van der Waals surface area (Å²) in [6.07, 6.45) is 0.919. The van der Waals surface area contributed by atoms with Gasteiger partial charge in [0.15, 0.2) is 5.13 Å². The third-order valence-electron chi connectivity index (χ3n) is 5.39. The summed E-state index contributed by atoms with van der Waals surface area (Å²) >= 11 is 1.38. The number of benzene rings is 2. The van der Waals surface area contributed by atoms with Gasteiger partial charge in [0.1, 0.15) is 12.6 Å². The molecule has 4 rings (SSSR count). The highest BCUT2D eigenvalue weighted by atomic mass is 32.1. The molecule has 1 aliphatic heterocycles. The Labute approximate surface area is 185 Å². The summed E-state index contributed by atoms with van der Waals surface area (Å²) in [5.41, 5.74) is 5.15. The van der Waals surface area contributed by atoms with Crippen molar-refractivity contribution < 1.29 is 14.3 Å². The van der Waals surface area contributed by atoms with Gasteiger partial charge in [-0.1, -0.05) is 54.1 Å². The number of hydrogen-bond donors (Lipinski definition) is 1. The van der Waals surface area contributed by atoms with Crippen LogP contribution in [-0.2, 0) is 16.1 Å². The van der Waals surface area contributed by atoms with E-state index in [1.165, 1.54) is 21.8 Å². The number of nitrogens with one attached hydrogen (secondary N) is 1. The number of carbonyl (C=O) groups is 2. The predicted molar refractivity (Wildman–Crippen MR) is 122 cm³/mol. The van der Waals surface area contributed by atoms with Crippen LogP contribution in [0.5, 0.6) is 0 Å². The maximum Gasteiger partial charge on any atom is 0.410 e. The fourth-order valence-electron chi connectivity index (χ4n) is 3.80. The highest BCUT2D eigenvalue weighted by molar-refractivity contribution is 7.14. The van der Waals surface area contributed by atoms with E-state index in [2.05, 4.69) is 36.3 Å². The molecular formula is C24H25N3O3S. The first-order chi connectivity index (χ1) is 15.0. The lowest BCUT2D eigenvalue weighted by Gasteiger charge is -2.22. The number of ether oxygens (including phenoxy) is 1. The molecule has 0 unspecified atom stereocenters. The standard InChI is InChI=1S/C24H25N3O3S/c1-16-10-11-19(17(2)13-16)20-15-31-23(25-20)26-22(28)21-9-6-12-27(21)24(29)30-14-18-7-4-3-5-8-18/h3-5,7-8,10-11,13,15,21H,6,9,12,14H2,1-2H3,(H,25,26,28)/t21-/m1/s1. The minimum Gasteiger partial charge on any atom is -0.445 e. The summed E-state index contributed by atoms with van der Waals surface area (Å²) in [6.45, 7) is 4.81. The normalized spacial score (nSPS) is 15.7. The van der Waals surface area contributed by atoms with Crippen LogP contribution in [0, 0.1) is 13.8 Å². The van der Waals surface area contributed by atoms with Crippen molar-refractivity contribution in [1.82, 2.24) is 9.88 Å². The van der Waals surface area contributed by atoms with Gasteiger partial charge in [-0.3, -0.25) is 9.69 Å². The zero-order chi connectivity index (χ0) is 21.8. The zero-order valence-electron chi connectivity index (χ0n) is 17.6. The Kier molecular flexibility index (Phi) is 6.32. The van der Waals surface area contributed by atoms with Gasteiger partial charge in [-0.25, -0.2) is 9.78 Å². The summed E-state index contributed by atoms with van der Waals surface area (Å²) in [5, 5.41) is 5.35. The molecule has 1 fully saturated rings. The van der Waals surface area contributed by atoms with Crippen molar-refractivity contribution >= 4 is 28.5 Å². The van der Waals surface area contributed by atoms with Crippen molar-refractivity contribution in [2.24, 2.45) is 0 Å². The van der Waals surface area contributed by atoms with Gasteiger partial charge in [0.05, 0.1) is 5.69 Å². The molecule has 1 atom stereocenters. The van der Waals surface area contributed by atoms with Gasteiger partial charge in [-0.05, 0) is 37.8 Å². The fraction of sp³-hybridized carbons (Fsp3) is 0.292. The molecule has 0 radical (unpaired) electrons. The zero-order valence-corrected chi connectivity index (χ0v) is 18.4. The molecule has 1 N–H and O–H groups in total. The van der Waals surface area contributed by atoms with Gasteiger partial charge < -0.3 is 10.1 Å². The molecule has 0 aliphatic carbocycles. The molecule has 2 amide bonds. The average molecular weight is 436 g/mol. The predicted octanol–water partition coefficient (Wildman–Crippen LogP) is 5.17. The molecule has 0 bridgehead atoms. The van der Waals surface area contributed by atoms with Crippen LogP contribution in [0.2, 0.25) is 0 Å². The smallest absolute Gasteiger partial charge is 0.410 e. The minimum absolute atomic E-state index is 0.191. The number of hydrogen-bond acceptors (Lipinski definition) is 5. The molecule has 31 heavy (non-hydrogen) atoms. The summed E-state index contributed by atoms with van der Waals surface area (Å²) in [7, 11) is 0. The Bertz CT molecular complexity index is 1080. The lowest BCUT2D eigenvalue weighted by molar-refractivity contribution is -0.120. The van der Waals surface area contributed by atoms with Crippen LogP contribution in [0.25, 0.3) is 11.3 Å². The lowest BCUT2D eigenvalue weighted by atomic mass is 10.0. The molecule has 1 saturated heterocycles. The second-order valence-corrected chi connectivity index (χ2v) is 8.60. The number of likely N-dealkylation sites (tertiary alicyclic amines) is 1. The van der Waals surface area contributed by atoms with Gasteiger partial charge in [-0.15, -0.1) is 11.3 Å². The molecule has 1 aromatic heterocycles. The first-order valence-corrected chi connectivity index (χ1v) is 11.2. The highest BCUT2D eigenvalue weighted by Gasteiger charge is 2.35. The van der Waals surface area contributed by atoms with E-state index in [4.69, 9.17) is 4.74 Å². The van der Waals surface area contributed by atoms with E-state index < -0.39 is 12.1 Å². The molecule has 0 saturated carbocycles. The first-order valence-electron chi connectivity index (χ1n) is 10.3. The van der Waals surface area contributed by atoms with Crippen LogP contribution in [0.15, 0.2) is 53.9 Å². The fourth-order valence-corrected chi connectivity index (χ4v) is 4.52. The van der Waals surface area contributed by atoms with Gasteiger partial charge in [0.2, 0.25) is 5.91 Å². The summed E-state index contributed by atoms with van der Waals surface area (Å²) in [4.78, 5) is 31.5. The van der Waals surface area contributed by atoms with Crippen molar-refractivity contribution in [3.05, 3.63) is 70.6 Å². The van der Waals surface area contributed by atoms with Crippen LogP contribution in [0.1, 0.15) is 29.5 Å². The second kappa shape index (κ2) is 9.31. The Morgan fingerprint density at radius 2 is 2.00 bits per heavy atom. The van der Waals surface area contributed by atoms with Crippen LogP contribution in [0.3, 0.4) is 0 Å². The third kappa shape index (κ3) is 4.94. The quantitative estimate of drug-likeness (QED) is 0.600. The monoisotopic (exact) mass is 435 g/mol. The van der Waals surface area contributed by atoms with Gasteiger partial charge in [0, 0.05) is 17.5 Å². The largest absolute Gasteiger partial charge is 0.445 e. The minimum atomic E-state index is -0.545. The maximum absolute atomic E-state index is 12.9. The van der Waals surface area contributed by atoms with Crippen molar-refractivity contribution in [2.75, 3.05) is 11.9 Å². The number of rotatable bonds is 5. The molecular weight excluding hydrogens is 410 g/mol. The van der Waals surface area contributed by atoms with Crippen molar-refractivity contribution in [1.29, 1.82) is 0 Å². The van der Waals surface area contributed by atoms with E-state index in [-0.39, 0.29) is 12.5 Å². The van der Waals surface area contributed by atoms with Crippen LogP contribution >= 0.6 is 11.3 Å². The van der Waals surface area contributed by atoms with E-state index >= 15 is 0 Å². The molecule has 7 heteroatoms. The third-order valence-corrected chi connectivity index (χ3v) is 6.14. The first kappa shape index (κ1) is 21.1. The number of amides is 2. The van der Waals surface area contributed by atoms with Crippen molar-refractivity contribution in [3.63, 3.8) is 0 Å². The SMILES string of the molecule is Cc1ccc(-c2csc(NC(=O)[C@H]3CCCN3C(=O)OCc3ccccc3)n2)c(C)c1. The topological polar surface area (TPSA) is 71.5 Å². The van der Waals surface area contributed by atoms with Crippen LogP contribution in [0.4, 0.5) is 9.93 Å². The van der Waals surface area contributed by atoms with E-state index in [0.717, 1.165) is 28.8 Å². The summed E-state index contributed by atoms with van der Waals surface area (Å²) in [6, 6.07) is 15.2. The van der Waals surface area contributed by atoms with Crippen LogP contribution < -0.4 is 5.32 Å². The van der Waals surface area contributed by atoms with E-state index in [1.54, 1.807) is 0 Å². The number of thiazole rings is 1. The maximum atomic E-state index is 12.9. The number of anilines is 1. The van der Waals surface area contributed by atoms with Gasteiger partial charge in [-0.2, -0.15) is 0 Å². The van der Waals surface area contributed by atoms with Gasteiger partial charge in [0.25, 0.3) is 0 Å². The summed E-state index contributed by atoms with van der Waals surface area (Å²) < 4.78 is 5.42. The number of aryl methyl sites for hydroxylation is 2. The second-order valence-electron chi connectivity index (χ2n) is 7.74. The highest BCUT2D eigenvalue weighted by Crippen LogP contribution is 2.29. The molecule has 1 aliphatic rings. The Balaban J connectivity index is 1.38. The van der Waals surface area contributed by atoms with Crippen molar-refractivity contribution in [3.8, 4) is 11.3 Å². The van der Waals surface area contributed by atoms with Crippen molar-refractivity contribution in [2.45, 2.75) is 39.3 Å². The van der Waals surface area contributed by atoms with E-state index in [0.29, 0.717) is 18.1 Å². The molecule has 0 spiro atoms. The molecule has 3 aromatic rings. The Morgan fingerprint density at radius 1 is 1.19 bits per heavy atom.